The van der Waals surface area contributed by atoms with Crippen molar-refractivity contribution in [1.82, 2.24) is 5.32 Å². The molecule has 9 rings (SSSR count). The first-order valence-electron chi connectivity index (χ1n) is 27.1. The zero-order chi connectivity index (χ0) is 53.1. The van der Waals surface area contributed by atoms with Gasteiger partial charge in [0, 0.05) is 11.5 Å². The molecule has 414 valence electrons. The van der Waals surface area contributed by atoms with Crippen molar-refractivity contribution in [2.75, 3.05) is 13.2 Å². The van der Waals surface area contributed by atoms with E-state index in [2.05, 4.69) is 46.0 Å². The molecule has 0 aromatic heterocycles. The van der Waals surface area contributed by atoms with E-state index in [0.29, 0.717) is 29.7 Å². The summed E-state index contributed by atoms with van der Waals surface area (Å²) in [5, 5.41) is 100. The summed E-state index contributed by atoms with van der Waals surface area (Å²) in [7, 11) is 0. The van der Waals surface area contributed by atoms with Gasteiger partial charge in [-0.3, -0.25) is 4.79 Å². The Morgan fingerprint density at radius 1 is 0.685 bits per heavy atom. The monoisotopic (exact) mass is 1040 g/mol. The van der Waals surface area contributed by atoms with Crippen molar-refractivity contribution in [2.45, 2.75) is 230 Å². The fraction of sp³-hybridized carbons (Fsp3) is 0.889. The lowest BCUT2D eigenvalue weighted by molar-refractivity contribution is -0.397. The quantitative estimate of drug-likeness (QED) is 0.0541. The van der Waals surface area contributed by atoms with Gasteiger partial charge in [0.15, 0.2) is 18.9 Å². The van der Waals surface area contributed by atoms with Crippen molar-refractivity contribution in [1.29, 1.82) is 0 Å². The highest BCUT2D eigenvalue weighted by Crippen LogP contribution is 2.89. The SMILES string of the molecule is C/C(=C\C=C\[C@@H](C)[C@H]1CC[C@@]2(C)[C@@H]3CC[C@H]4C(C)(C)[C@@H](O[C@@H]5O[C@H](CO)[C@@H](O)[C@H](O)[C@H]5O[C@@H]5O[C@H](CO)[C@@H](O)[C@H](O)[C@H]5O[C@@H]5O[C@@H](C)[C@H](O)[C@@H](O)[C@H]5O)CC[C@@]45C[C@@]35CC[C@]12C)C(=O)N[C@@H]1C(=O)O[C@H](C)[C@@H]1C. The average molecular weight is 1040 g/mol. The maximum atomic E-state index is 13.1. The number of cyclic esters (lactones) is 1. The molecule has 5 saturated carbocycles. The van der Waals surface area contributed by atoms with Crippen molar-refractivity contribution in [3.8, 4) is 0 Å². The van der Waals surface area contributed by atoms with Gasteiger partial charge in [0.05, 0.1) is 25.4 Å². The molecule has 19 nitrogen and oxygen atoms in total. The van der Waals surface area contributed by atoms with E-state index < -0.39 is 129 Å². The van der Waals surface area contributed by atoms with Crippen LogP contribution in [0.1, 0.15) is 120 Å². The molecule has 27 atom stereocenters. The number of ether oxygens (including phenoxy) is 7. The molecule has 9 aliphatic rings. The molecule has 4 aliphatic heterocycles. The third-order valence-corrected chi connectivity index (χ3v) is 21.3. The number of allylic oxidation sites excluding steroid dienone is 3. The Balaban J connectivity index is 0.889. The number of fused-ring (bicyclic) bond motifs is 2. The number of carbonyl (C=O) groups is 2. The summed E-state index contributed by atoms with van der Waals surface area (Å²) in [5.74, 6) is 0.848. The first-order valence-corrected chi connectivity index (χ1v) is 27.1. The molecular weight excluding hydrogens is 951 g/mol. The highest BCUT2D eigenvalue weighted by molar-refractivity contribution is 5.96. The minimum atomic E-state index is -1.83. The van der Waals surface area contributed by atoms with E-state index in [0.717, 1.165) is 51.4 Å². The van der Waals surface area contributed by atoms with Crippen molar-refractivity contribution >= 4 is 11.9 Å². The number of aliphatic hydroxyl groups is 9. The molecule has 73 heavy (non-hydrogen) atoms. The van der Waals surface area contributed by atoms with E-state index in [9.17, 15) is 55.5 Å². The van der Waals surface area contributed by atoms with Crippen molar-refractivity contribution in [3.63, 3.8) is 0 Å². The second kappa shape index (κ2) is 20.2. The molecule has 9 fully saturated rings. The summed E-state index contributed by atoms with van der Waals surface area (Å²) in [6, 6.07) is -0.651. The van der Waals surface area contributed by atoms with E-state index in [4.69, 9.17) is 33.2 Å². The molecule has 10 N–H and O–H groups in total. The number of nitrogens with one attached hydrogen (secondary N) is 1. The van der Waals surface area contributed by atoms with Crippen molar-refractivity contribution in [2.24, 2.45) is 56.7 Å². The van der Waals surface area contributed by atoms with Crippen LogP contribution in [0.15, 0.2) is 23.8 Å². The molecule has 0 aromatic rings. The van der Waals surface area contributed by atoms with E-state index in [1.807, 2.05) is 26.0 Å². The minimum absolute atomic E-state index is 0.104. The molecule has 1 amide bonds. The van der Waals surface area contributed by atoms with Gasteiger partial charge in [-0.05, 0) is 129 Å². The largest absolute Gasteiger partial charge is 0.461 e. The van der Waals surface area contributed by atoms with Gasteiger partial charge in [0.2, 0.25) is 5.91 Å². The Morgan fingerprint density at radius 3 is 1.88 bits per heavy atom. The third-order valence-electron chi connectivity index (χ3n) is 21.3. The van der Waals surface area contributed by atoms with Crippen LogP contribution in [0.4, 0.5) is 0 Å². The molecule has 0 radical (unpaired) electrons. The third kappa shape index (κ3) is 8.91. The van der Waals surface area contributed by atoms with Crippen LogP contribution in [0.25, 0.3) is 0 Å². The summed E-state index contributed by atoms with van der Waals surface area (Å²) in [4.78, 5) is 25.4. The fourth-order valence-corrected chi connectivity index (χ4v) is 16.6. The zero-order valence-corrected chi connectivity index (χ0v) is 44.0. The Labute approximate surface area is 428 Å². The normalized spacial score (nSPS) is 52.9. The van der Waals surface area contributed by atoms with Gasteiger partial charge in [-0.2, -0.15) is 0 Å². The lowest BCUT2D eigenvalue weighted by Gasteiger charge is -2.63. The predicted molar refractivity (Wildman–Crippen MR) is 258 cm³/mol. The van der Waals surface area contributed by atoms with Crippen LogP contribution in [0.2, 0.25) is 0 Å². The molecule has 2 spiro atoms. The molecule has 0 unspecified atom stereocenters. The number of aliphatic hydroxyl groups excluding tert-OH is 9. The molecule has 5 aliphatic carbocycles. The van der Waals surface area contributed by atoms with Gasteiger partial charge < -0.3 is 84.4 Å². The van der Waals surface area contributed by atoms with Gasteiger partial charge in [0.1, 0.15) is 79.3 Å². The van der Waals surface area contributed by atoms with E-state index >= 15 is 0 Å². The van der Waals surface area contributed by atoms with E-state index in [1.165, 1.54) is 6.92 Å². The maximum Gasteiger partial charge on any atom is 0.329 e. The number of amides is 1. The summed E-state index contributed by atoms with van der Waals surface area (Å²) in [6.45, 7) is 17.4. The maximum absolute atomic E-state index is 13.1. The molecule has 4 saturated heterocycles. The molecule has 19 heteroatoms. The minimum Gasteiger partial charge on any atom is -0.461 e. The lowest BCUT2D eigenvalue weighted by Crippen LogP contribution is -2.67. The van der Waals surface area contributed by atoms with Crippen LogP contribution in [0.5, 0.6) is 0 Å². The van der Waals surface area contributed by atoms with Crippen LogP contribution in [-0.4, -0.2) is 181 Å². The Kier molecular flexibility index (Phi) is 15.4. The summed E-state index contributed by atoms with van der Waals surface area (Å²) >= 11 is 0. The van der Waals surface area contributed by atoms with Gasteiger partial charge in [-0.25, -0.2) is 4.79 Å². The Bertz CT molecular complexity index is 2090. The molecule has 0 bridgehead atoms. The molecular formula is C54H85NO18. The van der Waals surface area contributed by atoms with Gasteiger partial charge in [0.25, 0.3) is 0 Å². The first-order chi connectivity index (χ1) is 34.3. The topological polar surface area (TPSA) is 293 Å². The number of esters is 1. The fourth-order valence-electron chi connectivity index (χ4n) is 16.6. The number of rotatable bonds is 13. The van der Waals surface area contributed by atoms with Crippen LogP contribution in [0.3, 0.4) is 0 Å². The molecule has 4 heterocycles. The van der Waals surface area contributed by atoms with Crippen molar-refractivity contribution in [3.05, 3.63) is 23.8 Å². The van der Waals surface area contributed by atoms with E-state index in [1.54, 1.807) is 6.92 Å². The van der Waals surface area contributed by atoms with Gasteiger partial charge in [-0.1, -0.05) is 59.8 Å². The van der Waals surface area contributed by atoms with Crippen LogP contribution in [-0.2, 0) is 42.7 Å². The second-order valence-electron chi connectivity index (χ2n) is 25.0. The summed E-state index contributed by atoms with van der Waals surface area (Å²) in [6.07, 6.45) is -8.66. The Hall–Kier alpha value is -2.18. The number of carbonyl (C=O) groups excluding carboxylic acids is 2. The van der Waals surface area contributed by atoms with Crippen LogP contribution < -0.4 is 5.32 Å². The first kappa shape index (κ1) is 55.6. The summed E-state index contributed by atoms with van der Waals surface area (Å²) in [5.41, 5.74) is 0.717. The lowest BCUT2D eigenvalue weighted by atomic mass is 9.42. The smallest absolute Gasteiger partial charge is 0.329 e. The zero-order valence-electron chi connectivity index (χ0n) is 44.0. The van der Waals surface area contributed by atoms with Gasteiger partial charge >= 0.3 is 5.97 Å². The summed E-state index contributed by atoms with van der Waals surface area (Å²) < 4.78 is 42.3. The van der Waals surface area contributed by atoms with Crippen LogP contribution >= 0.6 is 0 Å². The number of hydrogen-bond donors (Lipinski definition) is 10. The predicted octanol–water partition coefficient (Wildman–Crippen LogP) is 1.49. The van der Waals surface area contributed by atoms with Gasteiger partial charge in [-0.15, -0.1) is 0 Å². The average Bonchev–Trinajstić information content (AvgIpc) is 3.85. The van der Waals surface area contributed by atoms with Crippen LogP contribution in [0, 0.1) is 56.7 Å². The Morgan fingerprint density at radius 2 is 1.27 bits per heavy atom. The second-order valence-corrected chi connectivity index (χ2v) is 25.0. The highest BCUT2D eigenvalue weighted by Gasteiger charge is 2.82. The van der Waals surface area contributed by atoms with Crippen molar-refractivity contribution < 1.29 is 88.7 Å². The standard InChI is InChI=1S/C54H85NO18/c1-24(11-10-12-25(2)45(65)55-35-26(3)27(4)67-46(35)66)29-15-17-52(9)33-14-13-32-50(6,7)34(16-18-53(32)23-54(33,53)20-19-51(29,52)8)71-48-43(40(62)37(59)30(21-56)69-48)73-49-44(41(63)38(60)31(22-57)70-49)72-47-42(64)39(61)36(58)28(5)68-47/h10-12,24,26-44,47-49,56-64H,13-23H2,1-9H3,(H,55,65)/b11-10+,25-12+/t24-,26+,27-,28+,29-,30-,31-,32+,33+,34+,35+,36+,37-,38-,39-,40+,41+,42-,43-,44-,47+,48+,49+,51-,52+,53-,54+/m1/s1. The highest BCUT2D eigenvalue weighted by atomic mass is 16.8. The number of hydrogen-bond acceptors (Lipinski definition) is 18. The molecule has 0 aromatic carbocycles. The van der Waals surface area contributed by atoms with E-state index in [-0.39, 0.29) is 45.5 Å².